The number of ether oxygens (including phenoxy) is 2. The first kappa shape index (κ1) is 11.6. The van der Waals surface area contributed by atoms with Crippen molar-refractivity contribution in [1.29, 1.82) is 0 Å². The predicted molar refractivity (Wildman–Crippen MR) is 55.3 cm³/mol. The Bertz CT molecular complexity index is 421. The smallest absolute Gasteiger partial charge is 0.360 e. The molecule has 1 aliphatic rings. The summed E-state index contributed by atoms with van der Waals surface area (Å²) in [7, 11) is 0. The van der Waals surface area contributed by atoms with Crippen molar-refractivity contribution in [3.63, 3.8) is 0 Å². The topological polar surface area (TPSA) is 78.6 Å². The third kappa shape index (κ3) is 2.64. The number of oxazole rings is 1. The van der Waals surface area contributed by atoms with Crippen LogP contribution in [0.1, 0.15) is 47.8 Å². The molecule has 17 heavy (non-hydrogen) atoms. The molecule has 1 saturated carbocycles. The molecule has 92 valence electrons. The first-order chi connectivity index (χ1) is 8.26. The van der Waals surface area contributed by atoms with E-state index < -0.39 is 5.97 Å². The monoisotopic (exact) mass is 239 g/mol. The van der Waals surface area contributed by atoms with Gasteiger partial charge in [-0.25, -0.2) is 9.78 Å². The Morgan fingerprint density at radius 1 is 1.59 bits per heavy atom. The molecule has 2 rings (SSSR count). The van der Waals surface area contributed by atoms with Gasteiger partial charge >= 0.3 is 5.97 Å². The van der Waals surface area contributed by atoms with Gasteiger partial charge in [0.1, 0.15) is 0 Å². The second-order valence-electron chi connectivity index (χ2n) is 3.73. The van der Waals surface area contributed by atoms with Crippen LogP contribution in [0.3, 0.4) is 0 Å². The SMILES string of the molecule is CCOC(=O)c1nc(C2CC2)oc1COC=O. The Morgan fingerprint density at radius 3 is 2.94 bits per heavy atom. The second kappa shape index (κ2) is 4.99. The predicted octanol–water partition coefficient (Wildman–Crippen LogP) is 1.40. The van der Waals surface area contributed by atoms with Crippen molar-refractivity contribution in [3.05, 3.63) is 17.3 Å². The van der Waals surface area contributed by atoms with E-state index in [0.717, 1.165) is 12.8 Å². The fourth-order valence-corrected chi connectivity index (χ4v) is 1.44. The lowest BCUT2D eigenvalue weighted by Crippen LogP contribution is -2.08. The summed E-state index contributed by atoms with van der Waals surface area (Å²) in [6.07, 6.45) is 2.02. The van der Waals surface area contributed by atoms with Crippen molar-refractivity contribution in [2.24, 2.45) is 0 Å². The largest absolute Gasteiger partial charge is 0.461 e. The van der Waals surface area contributed by atoms with E-state index >= 15 is 0 Å². The summed E-state index contributed by atoms with van der Waals surface area (Å²) in [4.78, 5) is 25.8. The molecule has 0 atom stereocenters. The molecule has 0 bridgehead atoms. The fraction of sp³-hybridized carbons (Fsp3) is 0.545. The number of rotatable bonds is 6. The average molecular weight is 239 g/mol. The Hall–Kier alpha value is -1.85. The quantitative estimate of drug-likeness (QED) is 0.551. The number of carbonyl (C=O) groups is 2. The molecule has 0 unspecified atom stereocenters. The lowest BCUT2D eigenvalue weighted by atomic mass is 10.3. The Balaban J connectivity index is 2.19. The van der Waals surface area contributed by atoms with Crippen molar-refractivity contribution in [1.82, 2.24) is 4.98 Å². The van der Waals surface area contributed by atoms with Crippen LogP contribution in [0.5, 0.6) is 0 Å². The molecular weight excluding hydrogens is 226 g/mol. The normalized spacial score (nSPS) is 14.4. The summed E-state index contributed by atoms with van der Waals surface area (Å²) in [6.45, 7) is 2.17. The zero-order chi connectivity index (χ0) is 12.3. The molecule has 0 saturated heterocycles. The molecule has 1 fully saturated rings. The minimum absolute atomic E-state index is 0.0998. The van der Waals surface area contributed by atoms with Crippen molar-refractivity contribution in [2.75, 3.05) is 6.61 Å². The van der Waals surface area contributed by atoms with Crippen LogP contribution < -0.4 is 0 Å². The molecular formula is C11H13NO5. The van der Waals surface area contributed by atoms with Crippen molar-refractivity contribution in [3.8, 4) is 0 Å². The molecule has 0 spiro atoms. The van der Waals surface area contributed by atoms with E-state index in [-0.39, 0.29) is 30.6 Å². The third-order valence-electron chi connectivity index (χ3n) is 2.39. The number of hydrogen-bond acceptors (Lipinski definition) is 6. The molecule has 0 N–H and O–H groups in total. The van der Waals surface area contributed by atoms with Crippen LogP contribution in [-0.2, 0) is 20.9 Å². The van der Waals surface area contributed by atoms with E-state index in [1.165, 1.54) is 0 Å². The van der Waals surface area contributed by atoms with E-state index in [9.17, 15) is 9.59 Å². The third-order valence-corrected chi connectivity index (χ3v) is 2.39. The fourth-order valence-electron chi connectivity index (χ4n) is 1.44. The average Bonchev–Trinajstić information content (AvgIpc) is 3.07. The highest BCUT2D eigenvalue weighted by atomic mass is 16.5. The van der Waals surface area contributed by atoms with Gasteiger partial charge < -0.3 is 13.9 Å². The molecule has 1 aromatic rings. The van der Waals surface area contributed by atoms with Gasteiger partial charge in [-0.2, -0.15) is 0 Å². The summed E-state index contributed by atoms with van der Waals surface area (Å²) in [5.74, 6) is 0.510. The van der Waals surface area contributed by atoms with Crippen molar-refractivity contribution < 1.29 is 23.5 Å². The summed E-state index contributed by atoms with van der Waals surface area (Å²) in [6, 6.07) is 0. The van der Waals surface area contributed by atoms with E-state index in [2.05, 4.69) is 9.72 Å². The van der Waals surface area contributed by atoms with E-state index in [0.29, 0.717) is 12.4 Å². The van der Waals surface area contributed by atoms with Gasteiger partial charge in [0.05, 0.1) is 6.61 Å². The van der Waals surface area contributed by atoms with Crippen LogP contribution in [0.25, 0.3) is 0 Å². The second-order valence-corrected chi connectivity index (χ2v) is 3.73. The number of aromatic nitrogens is 1. The molecule has 1 aromatic heterocycles. The molecule has 0 amide bonds. The summed E-state index contributed by atoms with van der Waals surface area (Å²) in [5.41, 5.74) is 0.107. The van der Waals surface area contributed by atoms with Gasteiger partial charge in [0, 0.05) is 5.92 Å². The van der Waals surface area contributed by atoms with Crippen LogP contribution in [0.2, 0.25) is 0 Å². The van der Waals surface area contributed by atoms with Gasteiger partial charge in [-0.1, -0.05) is 0 Å². The molecule has 0 aliphatic heterocycles. The number of hydrogen-bond donors (Lipinski definition) is 0. The highest BCUT2D eigenvalue weighted by molar-refractivity contribution is 5.88. The maximum Gasteiger partial charge on any atom is 0.360 e. The maximum atomic E-state index is 11.6. The van der Waals surface area contributed by atoms with Crippen LogP contribution in [0, 0.1) is 0 Å². The van der Waals surface area contributed by atoms with Gasteiger partial charge in [-0.3, -0.25) is 4.79 Å². The molecule has 1 aliphatic carbocycles. The highest BCUT2D eigenvalue weighted by Gasteiger charge is 2.32. The standard InChI is InChI=1S/C11H13NO5/c1-2-16-11(14)9-8(5-15-6-13)17-10(12-9)7-3-4-7/h6-7H,2-5H2,1H3. The summed E-state index contributed by atoms with van der Waals surface area (Å²) < 4.78 is 14.8. The molecule has 6 heteroatoms. The minimum Gasteiger partial charge on any atom is -0.461 e. The first-order valence-corrected chi connectivity index (χ1v) is 5.48. The summed E-state index contributed by atoms with van der Waals surface area (Å²) >= 11 is 0. The van der Waals surface area contributed by atoms with Crippen LogP contribution in [-0.4, -0.2) is 24.0 Å². The van der Waals surface area contributed by atoms with Gasteiger partial charge in [-0.05, 0) is 19.8 Å². The van der Waals surface area contributed by atoms with Gasteiger partial charge in [0.25, 0.3) is 6.47 Å². The lowest BCUT2D eigenvalue weighted by molar-refractivity contribution is -0.130. The number of carbonyl (C=O) groups excluding carboxylic acids is 2. The van der Waals surface area contributed by atoms with Crippen LogP contribution in [0.4, 0.5) is 0 Å². The molecule has 0 radical (unpaired) electrons. The van der Waals surface area contributed by atoms with Crippen LogP contribution in [0.15, 0.2) is 4.42 Å². The van der Waals surface area contributed by atoms with Gasteiger partial charge in [0.2, 0.25) is 0 Å². The Morgan fingerprint density at radius 2 is 2.35 bits per heavy atom. The highest BCUT2D eigenvalue weighted by Crippen LogP contribution is 2.40. The van der Waals surface area contributed by atoms with Crippen molar-refractivity contribution >= 4 is 12.4 Å². The number of esters is 1. The maximum absolute atomic E-state index is 11.6. The van der Waals surface area contributed by atoms with Crippen LogP contribution >= 0.6 is 0 Å². The lowest BCUT2D eigenvalue weighted by Gasteiger charge is -1.99. The van der Waals surface area contributed by atoms with Gasteiger partial charge in [-0.15, -0.1) is 0 Å². The Labute approximate surface area is 97.9 Å². The molecule has 6 nitrogen and oxygen atoms in total. The first-order valence-electron chi connectivity index (χ1n) is 5.48. The van der Waals surface area contributed by atoms with E-state index in [1.54, 1.807) is 6.92 Å². The Kier molecular flexibility index (Phi) is 3.41. The number of nitrogens with zero attached hydrogens (tertiary/aromatic N) is 1. The van der Waals surface area contributed by atoms with Crippen molar-refractivity contribution in [2.45, 2.75) is 32.3 Å². The molecule has 0 aromatic carbocycles. The molecule has 1 heterocycles. The van der Waals surface area contributed by atoms with E-state index in [4.69, 9.17) is 9.15 Å². The van der Waals surface area contributed by atoms with Gasteiger partial charge in [0.15, 0.2) is 24.0 Å². The minimum atomic E-state index is -0.548. The zero-order valence-electron chi connectivity index (χ0n) is 9.47. The zero-order valence-corrected chi connectivity index (χ0v) is 9.47. The summed E-state index contributed by atoms with van der Waals surface area (Å²) in [5, 5.41) is 0. The van der Waals surface area contributed by atoms with E-state index in [1.807, 2.05) is 0 Å².